The first-order valence-corrected chi connectivity index (χ1v) is 7.90. The van der Waals surface area contributed by atoms with Crippen LogP contribution in [0.3, 0.4) is 0 Å². The topological polar surface area (TPSA) is 72.9 Å². The second-order valence-electron chi connectivity index (χ2n) is 5.89. The van der Waals surface area contributed by atoms with Crippen LogP contribution in [0.25, 0.3) is 28.7 Å². The van der Waals surface area contributed by atoms with Gasteiger partial charge >= 0.3 is 0 Å². The lowest BCUT2D eigenvalue weighted by molar-refractivity contribution is 0.432. The van der Waals surface area contributed by atoms with Crippen LogP contribution in [0.15, 0.2) is 59.3 Å². The monoisotopic (exact) mass is 350 g/mol. The van der Waals surface area contributed by atoms with Crippen molar-refractivity contribution in [2.24, 2.45) is 0 Å². The van der Waals surface area contributed by atoms with Crippen molar-refractivity contribution in [3.63, 3.8) is 0 Å². The molecule has 0 atom stereocenters. The van der Waals surface area contributed by atoms with Crippen LogP contribution in [-0.4, -0.2) is 39.2 Å². The molecule has 4 aromatic rings. The standard InChI is InChI=1S/C18H15FN6O/c1-24(2)15-5-3-4-12(10-15)18-20-17(22-26-18)16-11-25(23-21-16)14-8-6-13(19)7-9-14/h3-11H,1-2H3. The fourth-order valence-electron chi connectivity index (χ4n) is 2.45. The van der Waals surface area contributed by atoms with E-state index in [1.54, 1.807) is 18.3 Å². The van der Waals surface area contributed by atoms with E-state index in [0.29, 0.717) is 23.1 Å². The van der Waals surface area contributed by atoms with E-state index in [1.807, 2.05) is 43.3 Å². The Hall–Kier alpha value is -3.55. The highest BCUT2D eigenvalue weighted by molar-refractivity contribution is 5.63. The Morgan fingerprint density at radius 2 is 1.88 bits per heavy atom. The van der Waals surface area contributed by atoms with Crippen LogP contribution >= 0.6 is 0 Å². The SMILES string of the molecule is CN(C)c1cccc(-c2nc(-c3cn(-c4ccc(F)cc4)nn3)no2)c1. The average molecular weight is 350 g/mol. The number of nitrogens with zero attached hydrogens (tertiary/aromatic N) is 6. The molecular weight excluding hydrogens is 335 g/mol. The Bertz CT molecular complexity index is 1040. The Morgan fingerprint density at radius 1 is 1.08 bits per heavy atom. The molecule has 0 fully saturated rings. The Kier molecular flexibility index (Phi) is 3.92. The van der Waals surface area contributed by atoms with Gasteiger partial charge in [-0.15, -0.1) is 5.10 Å². The maximum Gasteiger partial charge on any atom is 0.258 e. The molecule has 4 rings (SSSR count). The molecule has 0 unspecified atom stereocenters. The van der Waals surface area contributed by atoms with Gasteiger partial charge in [0.15, 0.2) is 5.69 Å². The van der Waals surface area contributed by atoms with Gasteiger partial charge in [0, 0.05) is 25.3 Å². The third-order valence-corrected chi connectivity index (χ3v) is 3.85. The summed E-state index contributed by atoms with van der Waals surface area (Å²) in [6, 6.07) is 13.7. The van der Waals surface area contributed by atoms with Crippen molar-refractivity contribution in [2.45, 2.75) is 0 Å². The van der Waals surface area contributed by atoms with E-state index >= 15 is 0 Å². The molecule has 7 nitrogen and oxygen atoms in total. The van der Waals surface area contributed by atoms with Gasteiger partial charge in [0.25, 0.3) is 5.89 Å². The van der Waals surface area contributed by atoms with Gasteiger partial charge < -0.3 is 9.42 Å². The molecule has 26 heavy (non-hydrogen) atoms. The van der Waals surface area contributed by atoms with E-state index in [4.69, 9.17) is 4.52 Å². The maximum absolute atomic E-state index is 13.0. The summed E-state index contributed by atoms with van der Waals surface area (Å²) in [5.41, 5.74) is 3.01. The summed E-state index contributed by atoms with van der Waals surface area (Å²) < 4.78 is 19.9. The van der Waals surface area contributed by atoms with Crippen molar-refractivity contribution in [3.8, 4) is 28.7 Å². The molecule has 0 bridgehead atoms. The van der Waals surface area contributed by atoms with Crippen LogP contribution in [-0.2, 0) is 0 Å². The Labute approximate surface area is 148 Å². The first-order chi connectivity index (χ1) is 12.6. The summed E-state index contributed by atoms with van der Waals surface area (Å²) in [4.78, 5) is 6.40. The van der Waals surface area contributed by atoms with E-state index in [-0.39, 0.29) is 5.82 Å². The zero-order valence-corrected chi connectivity index (χ0v) is 14.2. The van der Waals surface area contributed by atoms with Crippen LogP contribution in [0, 0.1) is 5.82 Å². The minimum atomic E-state index is -0.308. The lowest BCUT2D eigenvalue weighted by Crippen LogP contribution is -2.08. The smallest absolute Gasteiger partial charge is 0.258 e. The van der Waals surface area contributed by atoms with Crippen LogP contribution in [0.4, 0.5) is 10.1 Å². The van der Waals surface area contributed by atoms with Crippen LogP contribution in [0.1, 0.15) is 0 Å². The van der Waals surface area contributed by atoms with Gasteiger partial charge in [-0.1, -0.05) is 16.4 Å². The quantitative estimate of drug-likeness (QED) is 0.563. The molecule has 0 amide bonds. The van der Waals surface area contributed by atoms with Crippen molar-refractivity contribution >= 4 is 5.69 Å². The first-order valence-electron chi connectivity index (χ1n) is 7.90. The molecule has 0 saturated carbocycles. The molecule has 0 radical (unpaired) electrons. The van der Waals surface area contributed by atoms with Crippen molar-refractivity contribution in [2.75, 3.05) is 19.0 Å². The molecule has 130 valence electrons. The molecule has 0 aliphatic rings. The number of hydrogen-bond acceptors (Lipinski definition) is 6. The molecule has 0 aliphatic carbocycles. The highest BCUT2D eigenvalue weighted by atomic mass is 19.1. The first kappa shape index (κ1) is 15.9. The third kappa shape index (κ3) is 3.04. The van der Waals surface area contributed by atoms with E-state index in [9.17, 15) is 4.39 Å². The number of rotatable bonds is 4. The second kappa shape index (κ2) is 6.40. The number of benzene rings is 2. The largest absolute Gasteiger partial charge is 0.378 e. The van der Waals surface area contributed by atoms with Gasteiger partial charge in [-0.3, -0.25) is 0 Å². The van der Waals surface area contributed by atoms with E-state index < -0.39 is 0 Å². The number of hydrogen-bond donors (Lipinski definition) is 0. The van der Waals surface area contributed by atoms with E-state index in [0.717, 1.165) is 11.3 Å². The van der Waals surface area contributed by atoms with Crippen molar-refractivity contribution in [1.29, 1.82) is 0 Å². The summed E-state index contributed by atoms with van der Waals surface area (Å²) in [6.45, 7) is 0. The van der Waals surface area contributed by atoms with Gasteiger partial charge in [-0.2, -0.15) is 4.98 Å². The van der Waals surface area contributed by atoms with Gasteiger partial charge in [0.05, 0.1) is 11.9 Å². The van der Waals surface area contributed by atoms with Gasteiger partial charge in [-0.25, -0.2) is 9.07 Å². The molecule has 2 aromatic heterocycles. The summed E-state index contributed by atoms with van der Waals surface area (Å²) >= 11 is 0. The summed E-state index contributed by atoms with van der Waals surface area (Å²) in [6.07, 6.45) is 1.66. The zero-order valence-electron chi connectivity index (χ0n) is 14.2. The predicted molar refractivity (Wildman–Crippen MR) is 94.4 cm³/mol. The summed E-state index contributed by atoms with van der Waals surface area (Å²) in [7, 11) is 3.93. The third-order valence-electron chi connectivity index (χ3n) is 3.85. The predicted octanol–water partition coefficient (Wildman–Crippen LogP) is 3.19. The molecular formula is C18H15FN6O. The normalized spacial score (nSPS) is 10.9. The summed E-state index contributed by atoms with van der Waals surface area (Å²) in [5.74, 6) is 0.431. The molecule has 0 aliphatic heterocycles. The number of anilines is 1. The highest BCUT2D eigenvalue weighted by Gasteiger charge is 2.14. The molecule has 0 saturated heterocycles. The fraction of sp³-hybridized carbons (Fsp3) is 0.111. The Morgan fingerprint density at radius 3 is 2.65 bits per heavy atom. The number of halogens is 1. The molecule has 2 aromatic carbocycles. The van der Waals surface area contributed by atoms with Gasteiger partial charge in [0.1, 0.15) is 5.82 Å². The maximum atomic E-state index is 13.0. The van der Waals surface area contributed by atoms with E-state index in [1.165, 1.54) is 16.8 Å². The van der Waals surface area contributed by atoms with Crippen LogP contribution in [0.5, 0.6) is 0 Å². The van der Waals surface area contributed by atoms with E-state index in [2.05, 4.69) is 20.5 Å². The second-order valence-corrected chi connectivity index (χ2v) is 5.89. The van der Waals surface area contributed by atoms with Crippen molar-refractivity contribution in [3.05, 3.63) is 60.5 Å². The average Bonchev–Trinajstić information content (AvgIpc) is 3.32. The zero-order chi connectivity index (χ0) is 18.1. The lowest BCUT2D eigenvalue weighted by atomic mass is 10.2. The lowest BCUT2D eigenvalue weighted by Gasteiger charge is -2.12. The summed E-state index contributed by atoms with van der Waals surface area (Å²) in [5, 5.41) is 12.1. The van der Waals surface area contributed by atoms with Gasteiger partial charge in [-0.05, 0) is 42.5 Å². The minimum Gasteiger partial charge on any atom is -0.378 e. The molecule has 2 heterocycles. The van der Waals surface area contributed by atoms with Crippen molar-refractivity contribution in [1.82, 2.24) is 25.1 Å². The van der Waals surface area contributed by atoms with Gasteiger partial charge in [0.2, 0.25) is 5.82 Å². The fourth-order valence-corrected chi connectivity index (χ4v) is 2.45. The Balaban J connectivity index is 1.62. The molecule has 8 heteroatoms. The highest BCUT2D eigenvalue weighted by Crippen LogP contribution is 2.24. The number of aromatic nitrogens is 5. The minimum absolute atomic E-state index is 0.308. The van der Waals surface area contributed by atoms with Crippen LogP contribution in [0.2, 0.25) is 0 Å². The van der Waals surface area contributed by atoms with Crippen molar-refractivity contribution < 1.29 is 8.91 Å². The molecule has 0 N–H and O–H groups in total. The van der Waals surface area contributed by atoms with Crippen LogP contribution < -0.4 is 4.90 Å². The molecule has 0 spiro atoms.